The van der Waals surface area contributed by atoms with E-state index in [1.165, 1.54) is 0 Å². The number of anilines is 2. The van der Waals surface area contributed by atoms with Crippen molar-refractivity contribution in [2.45, 2.75) is 0 Å². The molecule has 3 N–H and O–H groups in total. The van der Waals surface area contributed by atoms with Crippen molar-refractivity contribution in [2.75, 3.05) is 11.9 Å². The van der Waals surface area contributed by atoms with Crippen molar-refractivity contribution >= 4 is 17.5 Å². The summed E-state index contributed by atoms with van der Waals surface area (Å²) in [5.74, 6) is 0.938. The molecular weight excluding hydrogens is 230 g/mol. The molecule has 0 radical (unpaired) electrons. The predicted octanol–water partition coefficient (Wildman–Crippen LogP) is 1.28. The van der Waals surface area contributed by atoms with Gasteiger partial charge in [0.15, 0.2) is 5.84 Å². The van der Waals surface area contributed by atoms with Gasteiger partial charge in [-0.3, -0.25) is 0 Å². The molecule has 2 rings (SSSR count). The number of nitrogens with zero attached hydrogens (tertiary/aromatic N) is 4. The molecule has 1 aromatic carbocycles. The molecule has 0 aliphatic carbocycles. The van der Waals surface area contributed by atoms with Gasteiger partial charge in [-0.15, -0.1) is 0 Å². The average Bonchev–Trinajstić information content (AvgIpc) is 2.83. The monoisotopic (exact) mass is 245 g/mol. The first-order valence-electron chi connectivity index (χ1n) is 5.42. The van der Waals surface area contributed by atoms with Crippen LogP contribution in [0.2, 0.25) is 0 Å². The van der Waals surface area contributed by atoms with Gasteiger partial charge in [0.25, 0.3) is 0 Å². The molecule has 1 heterocycles. The molecule has 6 nitrogen and oxygen atoms in total. The predicted molar refractivity (Wildman–Crippen MR) is 70.2 cm³/mol. The Bertz CT molecular complexity index is 558. The fourth-order valence-corrected chi connectivity index (χ4v) is 1.71. The lowest BCUT2D eigenvalue weighted by Gasteiger charge is -2.18. The summed E-state index contributed by atoms with van der Waals surface area (Å²) in [6, 6.07) is 7.37. The summed E-state index contributed by atoms with van der Waals surface area (Å²) < 4.78 is 1.93. The summed E-state index contributed by atoms with van der Waals surface area (Å²) in [7, 11) is 3.87. The Morgan fingerprint density at radius 1 is 1.39 bits per heavy atom. The lowest BCUT2D eigenvalue weighted by atomic mass is 10.2. The molecule has 0 unspecified atom stereocenters. The van der Waals surface area contributed by atoms with Crippen LogP contribution in [0, 0.1) is 0 Å². The molecule has 0 atom stereocenters. The van der Waals surface area contributed by atoms with E-state index in [1.807, 2.05) is 41.9 Å². The van der Waals surface area contributed by atoms with Gasteiger partial charge in [-0.1, -0.05) is 5.16 Å². The number of hydrogen-bond donors (Lipinski definition) is 2. The Morgan fingerprint density at radius 2 is 2.06 bits per heavy atom. The smallest absolute Gasteiger partial charge is 0.209 e. The second-order valence-corrected chi connectivity index (χ2v) is 3.93. The molecule has 18 heavy (non-hydrogen) atoms. The van der Waals surface area contributed by atoms with Gasteiger partial charge in [0.1, 0.15) is 0 Å². The number of amidine groups is 1. The molecule has 0 spiro atoms. The normalized spacial score (nSPS) is 11.6. The van der Waals surface area contributed by atoms with Gasteiger partial charge in [-0.2, -0.15) is 0 Å². The van der Waals surface area contributed by atoms with Crippen LogP contribution < -0.4 is 10.6 Å². The van der Waals surface area contributed by atoms with Crippen LogP contribution >= 0.6 is 0 Å². The van der Waals surface area contributed by atoms with E-state index in [0.29, 0.717) is 5.56 Å². The SMILES string of the molecule is CN(c1ccc(/C(N)=N/O)cc1)c1nccn1C. The fourth-order valence-electron chi connectivity index (χ4n) is 1.71. The Hall–Kier alpha value is -2.50. The summed E-state index contributed by atoms with van der Waals surface area (Å²) in [4.78, 5) is 6.22. The number of oxime groups is 1. The highest BCUT2D eigenvalue weighted by Gasteiger charge is 2.08. The molecule has 0 saturated carbocycles. The quantitative estimate of drug-likeness (QED) is 0.369. The average molecular weight is 245 g/mol. The van der Waals surface area contributed by atoms with Crippen molar-refractivity contribution in [1.82, 2.24) is 9.55 Å². The zero-order chi connectivity index (χ0) is 13.1. The van der Waals surface area contributed by atoms with Crippen molar-refractivity contribution in [3.05, 3.63) is 42.2 Å². The highest BCUT2D eigenvalue weighted by molar-refractivity contribution is 5.97. The minimum atomic E-state index is 0.0983. The van der Waals surface area contributed by atoms with E-state index in [2.05, 4.69) is 10.1 Å². The van der Waals surface area contributed by atoms with Crippen molar-refractivity contribution < 1.29 is 5.21 Å². The van der Waals surface area contributed by atoms with Gasteiger partial charge >= 0.3 is 0 Å². The highest BCUT2D eigenvalue weighted by Crippen LogP contribution is 2.21. The van der Waals surface area contributed by atoms with Gasteiger partial charge in [0.05, 0.1) is 0 Å². The Balaban J connectivity index is 2.28. The van der Waals surface area contributed by atoms with Crippen LogP contribution in [0.5, 0.6) is 0 Å². The summed E-state index contributed by atoms with van der Waals surface area (Å²) in [6.07, 6.45) is 3.63. The Labute approximate surface area is 105 Å². The number of aryl methyl sites for hydroxylation is 1. The van der Waals surface area contributed by atoms with E-state index in [9.17, 15) is 0 Å². The minimum Gasteiger partial charge on any atom is -0.409 e. The lowest BCUT2D eigenvalue weighted by molar-refractivity contribution is 0.318. The highest BCUT2D eigenvalue weighted by atomic mass is 16.4. The second kappa shape index (κ2) is 4.79. The van der Waals surface area contributed by atoms with Gasteiger partial charge < -0.3 is 20.4 Å². The molecule has 2 aromatic rings. The second-order valence-electron chi connectivity index (χ2n) is 3.93. The number of imidazole rings is 1. The number of rotatable bonds is 3. The number of hydrogen-bond acceptors (Lipinski definition) is 4. The third kappa shape index (κ3) is 2.13. The number of nitrogens with two attached hydrogens (primary N) is 1. The van der Waals surface area contributed by atoms with Crippen LogP contribution in [0.15, 0.2) is 41.8 Å². The lowest BCUT2D eigenvalue weighted by Crippen LogP contribution is -2.15. The van der Waals surface area contributed by atoms with Crippen molar-refractivity contribution in [2.24, 2.45) is 17.9 Å². The minimum absolute atomic E-state index is 0.0983. The molecule has 94 valence electrons. The fraction of sp³-hybridized carbons (Fsp3) is 0.167. The van der Waals surface area contributed by atoms with E-state index in [-0.39, 0.29) is 5.84 Å². The van der Waals surface area contributed by atoms with Gasteiger partial charge in [-0.05, 0) is 24.3 Å². The van der Waals surface area contributed by atoms with Crippen molar-refractivity contribution in [3.8, 4) is 0 Å². The molecule has 0 aliphatic heterocycles. The van der Waals surface area contributed by atoms with Crippen LogP contribution in [-0.4, -0.2) is 27.6 Å². The maximum atomic E-state index is 8.59. The van der Waals surface area contributed by atoms with Crippen LogP contribution in [0.3, 0.4) is 0 Å². The standard InChI is InChI=1S/C12H15N5O/c1-16-8-7-14-12(16)17(2)10-5-3-9(4-6-10)11(13)15-18/h3-8,18H,1-2H3,(H2,13,15). The van der Waals surface area contributed by atoms with Crippen molar-refractivity contribution in [3.63, 3.8) is 0 Å². The summed E-state index contributed by atoms with van der Waals surface area (Å²) in [5, 5.41) is 11.6. The molecule has 0 fully saturated rings. The van der Waals surface area contributed by atoms with Gasteiger partial charge in [-0.25, -0.2) is 4.98 Å². The van der Waals surface area contributed by atoms with Crippen LogP contribution in [-0.2, 0) is 7.05 Å². The maximum absolute atomic E-state index is 8.59. The van der Waals surface area contributed by atoms with E-state index in [4.69, 9.17) is 10.9 Å². The van der Waals surface area contributed by atoms with Gasteiger partial charge in [0, 0.05) is 37.7 Å². The van der Waals surface area contributed by atoms with E-state index in [1.54, 1.807) is 18.3 Å². The topological polar surface area (TPSA) is 79.7 Å². The molecule has 0 bridgehead atoms. The largest absolute Gasteiger partial charge is 0.409 e. The van der Waals surface area contributed by atoms with Crippen LogP contribution in [0.1, 0.15) is 5.56 Å². The van der Waals surface area contributed by atoms with Gasteiger partial charge in [0.2, 0.25) is 5.95 Å². The number of aromatic nitrogens is 2. The van der Waals surface area contributed by atoms with Crippen molar-refractivity contribution in [1.29, 1.82) is 0 Å². The maximum Gasteiger partial charge on any atom is 0.209 e. The molecular formula is C12H15N5O. The van der Waals surface area contributed by atoms with E-state index >= 15 is 0 Å². The number of benzene rings is 1. The summed E-state index contributed by atoms with van der Waals surface area (Å²) in [5.41, 5.74) is 7.16. The molecule has 0 aliphatic rings. The first-order valence-corrected chi connectivity index (χ1v) is 5.42. The molecule has 6 heteroatoms. The van der Waals surface area contributed by atoms with E-state index in [0.717, 1.165) is 11.6 Å². The van der Waals surface area contributed by atoms with Crippen LogP contribution in [0.4, 0.5) is 11.6 Å². The first-order chi connectivity index (χ1) is 8.63. The third-order valence-electron chi connectivity index (χ3n) is 2.75. The third-order valence-corrected chi connectivity index (χ3v) is 2.75. The zero-order valence-electron chi connectivity index (χ0n) is 10.3. The summed E-state index contributed by atoms with van der Waals surface area (Å²) >= 11 is 0. The van der Waals surface area contributed by atoms with Crippen LogP contribution in [0.25, 0.3) is 0 Å². The van der Waals surface area contributed by atoms with E-state index < -0.39 is 0 Å². The Morgan fingerprint density at radius 3 is 2.56 bits per heavy atom. The first kappa shape index (κ1) is 12.0. The molecule has 1 aromatic heterocycles. The molecule has 0 amide bonds. The Kier molecular flexibility index (Phi) is 3.18. The summed E-state index contributed by atoms with van der Waals surface area (Å²) in [6.45, 7) is 0. The zero-order valence-corrected chi connectivity index (χ0v) is 10.3. The molecule has 0 saturated heterocycles.